The molecule has 0 aliphatic carbocycles. The van der Waals surface area contributed by atoms with Crippen molar-refractivity contribution in [3.05, 3.63) is 35.4 Å². The number of hydrogen-bond acceptors (Lipinski definition) is 3. The predicted octanol–water partition coefficient (Wildman–Crippen LogP) is 2.09. The molecule has 0 aliphatic heterocycles. The highest BCUT2D eigenvalue weighted by molar-refractivity contribution is 5.69. The summed E-state index contributed by atoms with van der Waals surface area (Å²) in [5, 5.41) is 8.97. The lowest BCUT2D eigenvalue weighted by Crippen LogP contribution is -2.35. The number of aliphatic carboxylic acids is 1. The van der Waals surface area contributed by atoms with Crippen LogP contribution in [0.1, 0.15) is 24.1 Å². The summed E-state index contributed by atoms with van der Waals surface area (Å²) in [6, 6.07) is 8.12. The number of ether oxygens (including phenoxy) is 1. The molecule has 0 fully saturated rings. The molecule has 0 saturated heterocycles. The minimum Gasteiger partial charge on any atom is -0.480 e. The van der Waals surface area contributed by atoms with Crippen LogP contribution in [0.4, 0.5) is 0 Å². The lowest BCUT2D eigenvalue weighted by Gasteiger charge is -2.28. The van der Waals surface area contributed by atoms with Gasteiger partial charge < -0.3 is 9.84 Å². The first-order valence-electron chi connectivity index (χ1n) is 6.06. The fourth-order valence-corrected chi connectivity index (χ4v) is 2.04. The zero-order chi connectivity index (χ0) is 13.5. The standard InChI is InChI=1S/C14H21NO3/c1-11-6-4-5-7-13(11)12(2)15(8-9-18-3)10-14(16)17/h4-7,12H,8-10H2,1-3H3,(H,16,17). The topological polar surface area (TPSA) is 49.8 Å². The third kappa shape index (κ3) is 4.13. The highest BCUT2D eigenvalue weighted by atomic mass is 16.5. The van der Waals surface area contributed by atoms with Crippen molar-refractivity contribution in [1.29, 1.82) is 0 Å². The highest BCUT2D eigenvalue weighted by Gasteiger charge is 2.19. The maximum absolute atomic E-state index is 10.9. The molecule has 0 bridgehead atoms. The maximum atomic E-state index is 10.9. The molecule has 4 heteroatoms. The molecule has 1 aromatic carbocycles. The van der Waals surface area contributed by atoms with E-state index in [9.17, 15) is 4.79 Å². The summed E-state index contributed by atoms with van der Waals surface area (Å²) in [5.41, 5.74) is 2.34. The van der Waals surface area contributed by atoms with Gasteiger partial charge in [-0.15, -0.1) is 0 Å². The summed E-state index contributed by atoms with van der Waals surface area (Å²) < 4.78 is 5.04. The van der Waals surface area contributed by atoms with Crippen LogP contribution in [0.3, 0.4) is 0 Å². The van der Waals surface area contributed by atoms with Crippen LogP contribution in [0.5, 0.6) is 0 Å². The number of rotatable bonds is 7. The van der Waals surface area contributed by atoms with Crippen LogP contribution in [-0.2, 0) is 9.53 Å². The lowest BCUT2D eigenvalue weighted by atomic mass is 10.0. The minimum atomic E-state index is -0.813. The summed E-state index contributed by atoms with van der Waals surface area (Å²) in [4.78, 5) is 12.8. The van der Waals surface area contributed by atoms with Gasteiger partial charge in [-0.05, 0) is 25.0 Å². The van der Waals surface area contributed by atoms with E-state index >= 15 is 0 Å². The van der Waals surface area contributed by atoms with E-state index in [2.05, 4.69) is 0 Å². The largest absolute Gasteiger partial charge is 0.480 e. The van der Waals surface area contributed by atoms with Crippen molar-refractivity contribution in [3.63, 3.8) is 0 Å². The van der Waals surface area contributed by atoms with E-state index in [0.29, 0.717) is 13.2 Å². The van der Waals surface area contributed by atoms with Crippen LogP contribution in [0.25, 0.3) is 0 Å². The van der Waals surface area contributed by atoms with Crippen molar-refractivity contribution in [2.24, 2.45) is 0 Å². The van der Waals surface area contributed by atoms with Crippen molar-refractivity contribution >= 4 is 5.97 Å². The Hall–Kier alpha value is -1.39. The molecule has 1 N–H and O–H groups in total. The van der Waals surface area contributed by atoms with Crippen LogP contribution in [0, 0.1) is 6.92 Å². The Morgan fingerprint density at radius 1 is 1.44 bits per heavy atom. The van der Waals surface area contributed by atoms with Gasteiger partial charge in [0.25, 0.3) is 0 Å². The number of hydrogen-bond donors (Lipinski definition) is 1. The van der Waals surface area contributed by atoms with Crippen molar-refractivity contribution < 1.29 is 14.6 Å². The second-order valence-corrected chi connectivity index (χ2v) is 4.39. The molecular formula is C14H21NO3. The van der Waals surface area contributed by atoms with Crippen LogP contribution in [0.15, 0.2) is 24.3 Å². The monoisotopic (exact) mass is 251 g/mol. The van der Waals surface area contributed by atoms with Gasteiger partial charge in [0.1, 0.15) is 0 Å². The molecule has 0 heterocycles. The fourth-order valence-electron chi connectivity index (χ4n) is 2.04. The predicted molar refractivity (Wildman–Crippen MR) is 70.7 cm³/mol. The second kappa shape index (κ2) is 7.13. The molecule has 0 aromatic heterocycles. The van der Waals surface area contributed by atoms with Crippen molar-refractivity contribution in [1.82, 2.24) is 4.90 Å². The average Bonchev–Trinajstić information content (AvgIpc) is 2.34. The number of nitrogens with zero attached hydrogens (tertiary/aromatic N) is 1. The Balaban J connectivity index is 2.83. The Morgan fingerprint density at radius 2 is 2.11 bits per heavy atom. The molecule has 0 saturated carbocycles. The Morgan fingerprint density at radius 3 is 2.67 bits per heavy atom. The molecule has 4 nitrogen and oxygen atoms in total. The Bertz CT molecular complexity index is 392. The average molecular weight is 251 g/mol. The normalized spacial score (nSPS) is 12.7. The first kappa shape index (κ1) is 14.7. The molecule has 18 heavy (non-hydrogen) atoms. The molecule has 0 amide bonds. The maximum Gasteiger partial charge on any atom is 0.317 e. The van der Waals surface area contributed by atoms with Crippen LogP contribution >= 0.6 is 0 Å². The number of methoxy groups -OCH3 is 1. The SMILES string of the molecule is COCCN(CC(=O)O)C(C)c1ccccc1C. The van der Waals surface area contributed by atoms with Gasteiger partial charge in [-0.3, -0.25) is 9.69 Å². The van der Waals surface area contributed by atoms with Crippen LogP contribution < -0.4 is 0 Å². The lowest BCUT2D eigenvalue weighted by molar-refractivity contribution is -0.139. The summed E-state index contributed by atoms with van der Waals surface area (Å²) in [6.07, 6.45) is 0. The van der Waals surface area contributed by atoms with E-state index in [4.69, 9.17) is 9.84 Å². The van der Waals surface area contributed by atoms with Gasteiger partial charge in [0.2, 0.25) is 0 Å². The smallest absolute Gasteiger partial charge is 0.317 e. The van der Waals surface area contributed by atoms with Gasteiger partial charge in [-0.1, -0.05) is 24.3 Å². The molecule has 1 rings (SSSR count). The van der Waals surface area contributed by atoms with Gasteiger partial charge in [0.15, 0.2) is 0 Å². The van der Waals surface area contributed by atoms with E-state index < -0.39 is 5.97 Å². The number of aryl methyl sites for hydroxylation is 1. The number of carboxylic acid groups (broad SMARTS) is 1. The summed E-state index contributed by atoms with van der Waals surface area (Å²) in [6.45, 7) is 5.24. The van der Waals surface area contributed by atoms with E-state index in [-0.39, 0.29) is 12.6 Å². The van der Waals surface area contributed by atoms with E-state index in [1.54, 1.807) is 7.11 Å². The zero-order valence-electron chi connectivity index (χ0n) is 11.2. The second-order valence-electron chi connectivity index (χ2n) is 4.39. The molecule has 0 spiro atoms. The van der Waals surface area contributed by atoms with Crippen molar-refractivity contribution in [2.45, 2.75) is 19.9 Å². The van der Waals surface area contributed by atoms with Crippen LogP contribution in [-0.4, -0.2) is 42.8 Å². The molecule has 0 radical (unpaired) electrons. The van der Waals surface area contributed by atoms with Gasteiger partial charge >= 0.3 is 5.97 Å². The minimum absolute atomic E-state index is 0.0266. The summed E-state index contributed by atoms with van der Waals surface area (Å²) >= 11 is 0. The molecule has 1 aromatic rings. The summed E-state index contributed by atoms with van der Waals surface area (Å²) in [5.74, 6) is -0.813. The summed E-state index contributed by atoms with van der Waals surface area (Å²) in [7, 11) is 1.62. The number of carboxylic acids is 1. The van der Waals surface area contributed by atoms with E-state index in [1.807, 2.05) is 43.0 Å². The van der Waals surface area contributed by atoms with Crippen LogP contribution in [0.2, 0.25) is 0 Å². The molecular weight excluding hydrogens is 230 g/mol. The van der Waals surface area contributed by atoms with Crippen molar-refractivity contribution in [2.75, 3.05) is 26.8 Å². The van der Waals surface area contributed by atoms with E-state index in [1.165, 1.54) is 5.56 Å². The molecule has 1 atom stereocenters. The van der Waals surface area contributed by atoms with Gasteiger partial charge in [-0.25, -0.2) is 0 Å². The van der Waals surface area contributed by atoms with Gasteiger partial charge in [0, 0.05) is 19.7 Å². The highest BCUT2D eigenvalue weighted by Crippen LogP contribution is 2.22. The third-order valence-corrected chi connectivity index (χ3v) is 3.11. The molecule has 100 valence electrons. The quantitative estimate of drug-likeness (QED) is 0.806. The number of carbonyl (C=O) groups is 1. The molecule has 1 unspecified atom stereocenters. The molecule has 0 aliphatic rings. The van der Waals surface area contributed by atoms with Crippen molar-refractivity contribution in [3.8, 4) is 0 Å². The first-order valence-corrected chi connectivity index (χ1v) is 6.06. The first-order chi connectivity index (χ1) is 8.56. The number of benzene rings is 1. The van der Waals surface area contributed by atoms with E-state index in [0.717, 1.165) is 5.56 Å². The fraction of sp³-hybridized carbons (Fsp3) is 0.500. The van der Waals surface area contributed by atoms with Gasteiger partial charge in [0.05, 0.1) is 13.2 Å². The van der Waals surface area contributed by atoms with Gasteiger partial charge in [-0.2, -0.15) is 0 Å². The zero-order valence-corrected chi connectivity index (χ0v) is 11.2. The Labute approximate surface area is 108 Å². The Kier molecular flexibility index (Phi) is 5.82. The third-order valence-electron chi connectivity index (χ3n) is 3.11.